The van der Waals surface area contributed by atoms with Crippen molar-refractivity contribution in [3.63, 3.8) is 0 Å². The van der Waals surface area contributed by atoms with Crippen LogP contribution < -0.4 is 16.0 Å². The van der Waals surface area contributed by atoms with Gasteiger partial charge >= 0.3 is 0 Å². The molecule has 1 aliphatic heterocycles. The summed E-state index contributed by atoms with van der Waals surface area (Å²) in [6, 6.07) is 5.74. The minimum atomic E-state index is -0.120. The number of carbonyl (C=O) groups excluding carboxylic acids is 2. The highest BCUT2D eigenvalue weighted by atomic mass is 16.2. The van der Waals surface area contributed by atoms with E-state index >= 15 is 0 Å². The number of benzene rings is 1. The van der Waals surface area contributed by atoms with Crippen LogP contribution >= 0.6 is 0 Å². The zero-order valence-corrected chi connectivity index (χ0v) is 12.1. The standard InChI is InChI=1S/C15H21N3O2/c1-9-4-5-12(8-14(9)17-11(3)19)18-15(20)13-6-7-16-10(13)2/h4-5,8,10,13,16H,6-7H2,1-3H3,(H,17,19)(H,18,20). The maximum absolute atomic E-state index is 12.2. The number of rotatable bonds is 3. The van der Waals surface area contributed by atoms with Gasteiger partial charge in [-0.05, 0) is 44.5 Å². The van der Waals surface area contributed by atoms with E-state index in [2.05, 4.69) is 16.0 Å². The summed E-state index contributed by atoms with van der Waals surface area (Å²) in [7, 11) is 0. The van der Waals surface area contributed by atoms with Crippen molar-refractivity contribution < 1.29 is 9.59 Å². The van der Waals surface area contributed by atoms with Crippen LogP contribution in [0.15, 0.2) is 18.2 Å². The Balaban J connectivity index is 2.09. The molecular weight excluding hydrogens is 254 g/mol. The van der Waals surface area contributed by atoms with Gasteiger partial charge in [0.25, 0.3) is 0 Å². The van der Waals surface area contributed by atoms with Crippen molar-refractivity contribution >= 4 is 23.2 Å². The number of hydrogen-bond donors (Lipinski definition) is 3. The maximum atomic E-state index is 12.2. The average Bonchev–Trinajstić information content (AvgIpc) is 2.79. The third kappa shape index (κ3) is 3.36. The Morgan fingerprint density at radius 2 is 2.05 bits per heavy atom. The molecule has 0 saturated carbocycles. The fraction of sp³-hybridized carbons (Fsp3) is 0.467. The molecule has 1 aromatic rings. The fourth-order valence-corrected chi connectivity index (χ4v) is 2.48. The van der Waals surface area contributed by atoms with Gasteiger partial charge in [-0.2, -0.15) is 0 Å². The summed E-state index contributed by atoms with van der Waals surface area (Å²) in [6.45, 7) is 6.29. The monoisotopic (exact) mass is 275 g/mol. The highest BCUT2D eigenvalue weighted by molar-refractivity contribution is 5.95. The van der Waals surface area contributed by atoms with Crippen LogP contribution in [-0.4, -0.2) is 24.4 Å². The summed E-state index contributed by atoms with van der Waals surface area (Å²) in [5.41, 5.74) is 2.41. The van der Waals surface area contributed by atoms with E-state index in [4.69, 9.17) is 0 Å². The highest BCUT2D eigenvalue weighted by Gasteiger charge is 2.29. The Labute approximate surface area is 119 Å². The van der Waals surface area contributed by atoms with Crippen LogP contribution in [0.2, 0.25) is 0 Å². The summed E-state index contributed by atoms with van der Waals surface area (Å²) in [5.74, 6) is -0.0918. The van der Waals surface area contributed by atoms with E-state index in [0.717, 1.165) is 24.2 Å². The van der Waals surface area contributed by atoms with Gasteiger partial charge in [0.1, 0.15) is 0 Å². The van der Waals surface area contributed by atoms with Crippen molar-refractivity contribution in [1.82, 2.24) is 5.32 Å². The van der Waals surface area contributed by atoms with E-state index in [1.807, 2.05) is 26.0 Å². The summed E-state index contributed by atoms with van der Waals surface area (Å²) < 4.78 is 0. The van der Waals surface area contributed by atoms with E-state index in [1.54, 1.807) is 6.07 Å². The molecule has 0 bridgehead atoms. The first-order valence-electron chi connectivity index (χ1n) is 6.90. The Bertz CT molecular complexity index is 528. The van der Waals surface area contributed by atoms with Gasteiger partial charge in [-0.25, -0.2) is 0 Å². The molecule has 0 spiro atoms. The van der Waals surface area contributed by atoms with Gasteiger partial charge in [0.15, 0.2) is 0 Å². The molecular formula is C15H21N3O2. The van der Waals surface area contributed by atoms with E-state index in [0.29, 0.717) is 5.69 Å². The molecule has 1 aromatic carbocycles. The predicted octanol–water partition coefficient (Wildman–Crippen LogP) is 1.89. The number of amides is 2. The predicted molar refractivity (Wildman–Crippen MR) is 79.7 cm³/mol. The number of carbonyl (C=O) groups is 2. The number of nitrogens with one attached hydrogen (secondary N) is 3. The molecule has 1 saturated heterocycles. The van der Waals surface area contributed by atoms with Gasteiger partial charge in [0.05, 0.1) is 5.92 Å². The minimum Gasteiger partial charge on any atom is -0.326 e. The smallest absolute Gasteiger partial charge is 0.229 e. The van der Waals surface area contributed by atoms with Crippen molar-refractivity contribution in [1.29, 1.82) is 0 Å². The molecule has 1 fully saturated rings. The van der Waals surface area contributed by atoms with E-state index in [1.165, 1.54) is 6.92 Å². The summed E-state index contributed by atoms with van der Waals surface area (Å²) in [6.07, 6.45) is 0.859. The SMILES string of the molecule is CC(=O)Nc1cc(NC(=O)C2CCNC2C)ccc1C. The van der Waals surface area contributed by atoms with Gasteiger partial charge in [-0.1, -0.05) is 6.07 Å². The van der Waals surface area contributed by atoms with Crippen molar-refractivity contribution in [2.24, 2.45) is 5.92 Å². The molecule has 5 nitrogen and oxygen atoms in total. The normalized spacial score (nSPS) is 21.6. The minimum absolute atomic E-state index is 0.000481. The molecule has 20 heavy (non-hydrogen) atoms. The van der Waals surface area contributed by atoms with E-state index in [9.17, 15) is 9.59 Å². The van der Waals surface area contributed by atoms with Crippen LogP contribution in [0.3, 0.4) is 0 Å². The van der Waals surface area contributed by atoms with Crippen molar-refractivity contribution in [2.45, 2.75) is 33.2 Å². The van der Waals surface area contributed by atoms with Crippen LogP contribution in [0.4, 0.5) is 11.4 Å². The third-order valence-electron chi connectivity index (χ3n) is 3.68. The Morgan fingerprint density at radius 1 is 1.30 bits per heavy atom. The largest absolute Gasteiger partial charge is 0.326 e. The molecule has 2 rings (SSSR count). The number of anilines is 2. The van der Waals surface area contributed by atoms with Crippen molar-refractivity contribution in [3.05, 3.63) is 23.8 Å². The lowest BCUT2D eigenvalue weighted by molar-refractivity contribution is -0.120. The fourth-order valence-electron chi connectivity index (χ4n) is 2.48. The molecule has 0 aliphatic carbocycles. The molecule has 2 atom stereocenters. The Hall–Kier alpha value is -1.88. The highest BCUT2D eigenvalue weighted by Crippen LogP contribution is 2.22. The van der Waals surface area contributed by atoms with Gasteiger partial charge in [-0.15, -0.1) is 0 Å². The van der Waals surface area contributed by atoms with Gasteiger partial charge < -0.3 is 16.0 Å². The quantitative estimate of drug-likeness (QED) is 0.789. The first kappa shape index (κ1) is 14.5. The molecule has 0 aromatic heterocycles. The molecule has 1 aliphatic rings. The average molecular weight is 275 g/mol. The van der Waals surface area contributed by atoms with E-state index < -0.39 is 0 Å². The van der Waals surface area contributed by atoms with Crippen molar-refractivity contribution in [2.75, 3.05) is 17.2 Å². The molecule has 2 unspecified atom stereocenters. The molecule has 3 N–H and O–H groups in total. The molecule has 0 radical (unpaired) electrons. The number of aryl methyl sites for hydroxylation is 1. The Kier molecular flexibility index (Phi) is 4.39. The van der Waals surface area contributed by atoms with Gasteiger partial charge in [0.2, 0.25) is 11.8 Å². The lowest BCUT2D eigenvalue weighted by Gasteiger charge is -2.16. The zero-order chi connectivity index (χ0) is 14.7. The van der Waals surface area contributed by atoms with Crippen LogP contribution in [-0.2, 0) is 9.59 Å². The molecule has 2 amide bonds. The summed E-state index contributed by atoms with van der Waals surface area (Å²) in [5, 5.41) is 8.95. The van der Waals surface area contributed by atoms with E-state index in [-0.39, 0.29) is 23.8 Å². The molecule has 1 heterocycles. The van der Waals surface area contributed by atoms with Crippen molar-refractivity contribution in [3.8, 4) is 0 Å². The van der Waals surface area contributed by atoms with Gasteiger partial charge in [0, 0.05) is 24.3 Å². The topological polar surface area (TPSA) is 70.2 Å². The summed E-state index contributed by atoms with van der Waals surface area (Å²) >= 11 is 0. The Morgan fingerprint density at radius 3 is 2.65 bits per heavy atom. The maximum Gasteiger partial charge on any atom is 0.229 e. The van der Waals surface area contributed by atoms with Crippen LogP contribution in [0.25, 0.3) is 0 Å². The lowest BCUT2D eigenvalue weighted by Crippen LogP contribution is -2.32. The second kappa shape index (κ2) is 6.05. The lowest BCUT2D eigenvalue weighted by atomic mass is 10.0. The second-order valence-electron chi connectivity index (χ2n) is 5.34. The zero-order valence-electron chi connectivity index (χ0n) is 12.1. The third-order valence-corrected chi connectivity index (χ3v) is 3.68. The molecule has 108 valence electrons. The second-order valence-corrected chi connectivity index (χ2v) is 5.34. The molecule has 5 heteroatoms. The summed E-state index contributed by atoms with van der Waals surface area (Å²) in [4.78, 5) is 23.3. The van der Waals surface area contributed by atoms with Gasteiger partial charge in [-0.3, -0.25) is 9.59 Å². The van der Waals surface area contributed by atoms with Crippen LogP contribution in [0.5, 0.6) is 0 Å². The number of hydrogen-bond acceptors (Lipinski definition) is 3. The first-order chi connectivity index (χ1) is 9.47. The first-order valence-corrected chi connectivity index (χ1v) is 6.90. The van der Waals surface area contributed by atoms with Crippen LogP contribution in [0.1, 0.15) is 25.8 Å². The van der Waals surface area contributed by atoms with Crippen LogP contribution in [0, 0.1) is 12.8 Å².